The lowest BCUT2D eigenvalue weighted by molar-refractivity contribution is 0.817. The Kier molecular flexibility index (Phi) is 4.77. The molecule has 0 saturated carbocycles. The molecule has 3 N–H and O–H groups in total. The number of nitrogens with two attached hydrogens (primary N) is 1. The SMILES string of the molecule is CNCc1cccc(C#CCCN)c1. The van der Waals surface area contributed by atoms with Gasteiger partial charge in [-0.25, -0.2) is 0 Å². The molecule has 0 saturated heterocycles. The molecular formula is C12H16N2. The fraction of sp³-hybridized carbons (Fsp3) is 0.333. The van der Waals surface area contributed by atoms with Crippen LogP contribution in [0.5, 0.6) is 0 Å². The summed E-state index contributed by atoms with van der Waals surface area (Å²) in [5.41, 5.74) is 7.68. The van der Waals surface area contributed by atoms with Crippen molar-refractivity contribution in [1.29, 1.82) is 0 Å². The van der Waals surface area contributed by atoms with E-state index < -0.39 is 0 Å². The standard InChI is InChI=1S/C12H16N2/c1-14-10-12-7-4-6-11(9-12)5-2-3-8-13/h4,6-7,9,14H,3,8,10,13H2,1H3. The second-order valence-corrected chi connectivity index (χ2v) is 3.07. The Morgan fingerprint density at radius 2 is 2.29 bits per heavy atom. The van der Waals surface area contributed by atoms with Gasteiger partial charge >= 0.3 is 0 Å². The third-order valence-corrected chi connectivity index (χ3v) is 1.81. The number of hydrogen-bond acceptors (Lipinski definition) is 2. The Hall–Kier alpha value is -1.30. The van der Waals surface area contributed by atoms with Gasteiger partial charge in [0.15, 0.2) is 0 Å². The van der Waals surface area contributed by atoms with Crippen molar-refractivity contribution in [2.75, 3.05) is 13.6 Å². The van der Waals surface area contributed by atoms with Crippen LogP contribution in [0.15, 0.2) is 24.3 Å². The first-order chi connectivity index (χ1) is 6.86. The zero-order valence-electron chi connectivity index (χ0n) is 8.51. The van der Waals surface area contributed by atoms with Crippen molar-refractivity contribution in [2.45, 2.75) is 13.0 Å². The molecule has 2 nitrogen and oxygen atoms in total. The fourth-order valence-corrected chi connectivity index (χ4v) is 1.20. The van der Waals surface area contributed by atoms with Crippen molar-refractivity contribution in [3.8, 4) is 11.8 Å². The lowest BCUT2D eigenvalue weighted by atomic mass is 10.1. The predicted octanol–water partition coefficient (Wildman–Crippen LogP) is 1.11. The average Bonchev–Trinajstić information content (AvgIpc) is 2.19. The number of rotatable bonds is 3. The molecule has 0 spiro atoms. The largest absolute Gasteiger partial charge is 0.330 e. The molecule has 0 aliphatic heterocycles. The molecule has 0 aliphatic carbocycles. The zero-order valence-corrected chi connectivity index (χ0v) is 8.51. The molecular weight excluding hydrogens is 172 g/mol. The van der Waals surface area contributed by atoms with E-state index in [4.69, 9.17) is 5.73 Å². The molecule has 1 rings (SSSR count). The molecule has 0 bridgehead atoms. The van der Waals surface area contributed by atoms with E-state index in [-0.39, 0.29) is 0 Å². The minimum atomic E-state index is 0.628. The molecule has 1 aromatic carbocycles. The summed E-state index contributed by atoms with van der Waals surface area (Å²) in [7, 11) is 1.94. The highest BCUT2D eigenvalue weighted by Crippen LogP contribution is 2.03. The number of benzene rings is 1. The smallest absolute Gasteiger partial charge is 0.0248 e. The quantitative estimate of drug-likeness (QED) is 0.697. The van der Waals surface area contributed by atoms with E-state index in [1.54, 1.807) is 0 Å². The minimum Gasteiger partial charge on any atom is -0.330 e. The highest BCUT2D eigenvalue weighted by molar-refractivity contribution is 5.37. The van der Waals surface area contributed by atoms with Crippen molar-refractivity contribution in [3.63, 3.8) is 0 Å². The van der Waals surface area contributed by atoms with Gasteiger partial charge in [-0.05, 0) is 24.7 Å². The van der Waals surface area contributed by atoms with Crippen molar-refractivity contribution in [2.24, 2.45) is 5.73 Å². The maximum absolute atomic E-state index is 5.36. The molecule has 2 heteroatoms. The number of hydrogen-bond donors (Lipinski definition) is 2. The summed E-state index contributed by atoms with van der Waals surface area (Å²) in [6, 6.07) is 8.23. The summed E-state index contributed by atoms with van der Waals surface area (Å²) in [4.78, 5) is 0. The summed E-state index contributed by atoms with van der Waals surface area (Å²) in [6.45, 7) is 1.51. The van der Waals surface area contributed by atoms with E-state index in [9.17, 15) is 0 Å². The maximum Gasteiger partial charge on any atom is 0.0248 e. The van der Waals surface area contributed by atoms with Crippen LogP contribution in [0.3, 0.4) is 0 Å². The highest BCUT2D eigenvalue weighted by Gasteiger charge is 1.91. The van der Waals surface area contributed by atoms with Crippen LogP contribution in [0.1, 0.15) is 17.5 Å². The summed E-state index contributed by atoms with van der Waals surface area (Å²) in [6.07, 6.45) is 0.760. The molecule has 1 aromatic rings. The van der Waals surface area contributed by atoms with Crippen LogP contribution < -0.4 is 11.1 Å². The second-order valence-electron chi connectivity index (χ2n) is 3.07. The van der Waals surface area contributed by atoms with Gasteiger partial charge in [0.05, 0.1) is 0 Å². The first-order valence-electron chi connectivity index (χ1n) is 4.79. The van der Waals surface area contributed by atoms with Crippen molar-refractivity contribution in [3.05, 3.63) is 35.4 Å². The first kappa shape index (κ1) is 10.8. The topological polar surface area (TPSA) is 38.0 Å². The van der Waals surface area contributed by atoms with Gasteiger partial charge in [-0.3, -0.25) is 0 Å². The number of nitrogens with one attached hydrogen (secondary N) is 1. The lowest BCUT2D eigenvalue weighted by Crippen LogP contribution is -2.04. The van der Waals surface area contributed by atoms with Gasteiger partial charge in [-0.2, -0.15) is 0 Å². The molecule has 0 aliphatic rings. The van der Waals surface area contributed by atoms with Crippen LogP contribution in [0.25, 0.3) is 0 Å². The Morgan fingerprint density at radius 1 is 1.43 bits per heavy atom. The third kappa shape index (κ3) is 3.61. The Balaban J connectivity index is 2.69. The normalized spacial score (nSPS) is 9.29. The van der Waals surface area contributed by atoms with Crippen LogP contribution in [0.4, 0.5) is 0 Å². The van der Waals surface area contributed by atoms with Crippen LogP contribution in [0, 0.1) is 11.8 Å². The monoisotopic (exact) mass is 188 g/mol. The zero-order chi connectivity index (χ0) is 10.2. The minimum absolute atomic E-state index is 0.628. The van der Waals surface area contributed by atoms with Gasteiger partial charge in [-0.15, -0.1) is 0 Å². The van der Waals surface area contributed by atoms with Gasteiger partial charge in [0.25, 0.3) is 0 Å². The van der Waals surface area contributed by atoms with Crippen molar-refractivity contribution < 1.29 is 0 Å². The molecule has 0 unspecified atom stereocenters. The van der Waals surface area contributed by atoms with E-state index >= 15 is 0 Å². The van der Waals surface area contributed by atoms with E-state index in [1.165, 1.54) is 5.56 Å². The van der Waals surface area contributed by atoms with Crippen LogP contribution in [0.2, 0.25) is 0 Å². The molecule has 0 aromatic heterocycles. The van der Waals surface area contributed by atoms with Crippen molar-refractivity contribution >= 4 is 0 Å². The fourth-order valence-electron chi connectivity index (χ4n) is 1.20. The molecule has 74 valence electrons. The molecule has 14 heavy (non-hydrogen) atoms. The highest BCUT2D eigenvalue weighted by atomic mass is 14.8. The predicted molar refractivity (Wildman–Crippen MR) is 59.8 cm³/mol. The average molecular weight is 188 g/mol. The molecule has 0 fully saturated rings. The van der Waals surface area contributed by atoms with Crippen LogP contribution in [-0.4, -0.2) is 13.6 Å². The van der Waals surface area contributed by atoms with Crippen LogP contribution in [-0.2, 0) is 6.54 Å². The lowest BCUT2D eigenvalue weighted by Gasteiger charge is -1.99. The molecule has 0 atom stereocenters. The van der Waals surface area contributed by atoms with E-state index in [0.717, 1.165) is 18.5 Å². The second kappa shape index (κ2) is 6.20. The molecule has 0 heterocycles. The summed E-state index contributed by atoms with van der Waals surface area (Å²) in [5, 5.41) is 3.11. The van der Waals surface area contributed by atoms with E-state index in [1.807, 2.05) is 19.2 Å². The Morgan fingerprint density at radius 3 is 3.00 bits per heavy atom. The third-order valence-electron chi connectivity index (χ3n) is 1.81. The molecule has 0 radical (unpaired) electrons. The van der Waals surface area contributed by atoms with Gasteiger partial charge in [0.1, 0.15) is 0 Å². The van der Waals surface area contributed by atoms with Crippen molar-refractivity contribution in [1.82, 2.24) is 5.32 Å². The molecule has 0 amide bonds. The summed E-state index contributed by atoms with van der Waals surface area (Å²) in [5.74, 6) is 6.11. The van der Waals surface area contributed by atoms with Gasteiger partial charge in [-0.1, -0.05) is 24.0 Å². The summed E-state index contributed by atoms with van der Waals surface area (Å²) >= 11 is 0. The first-order valence-corrected chi connectivity index (χ1v) is 4.79. The Bertz CT molecular complexity index is 334. The van der Waals surface area contributed by atoms with Gasteiger partial charge in [0.2, 0.25) is 0 Å². The maximum atomic E-state index is 5.36. The van der Waals surface area contributed by atoms with Crippen LogP contribution >= 0.6 is 0 Å². The van der Waals surface area contributed by atoms with Gasteiger partial charge < -0.3 is 11.1 Å². The van der Waals surface area contributed by atoms with E-state index in [2.05, 4.69) is 29.3 Å². The summed E-state index contributed by atoms with van der Waals surface area (Å²) < 4.78 is 0. The van der Waals surface area contributed by atoms with E-state index in [0.29, 0.717) is 6.54 Å². The Labute approximate surface area is 85.5 Å². The van der Waals surface area contributed by atoms with Gasteiger partial charge in [0, 0.05) is 25.1 Å².